The number of benzene rings is 2. The second-order valence-electron chi connectivity index (χ2n) is 4.15. The molecule has 0 unspecified atom stereocenters. The zero-order chi connectivity index (χ0) is 14.7. The Morgan fingerprint density at radius 2 is 2.05 bits per heavy atom. The highest BCUT2D eigenvalue weighted by Gasteiger charge is 2.08. The van der Waals surface area contributed by atoms with Crippen LogP contribution in [0.15, 0.2) is 41.4 Å². The third-order valence-corrected chi connectivity index (χ3v) is 3.04. The molecular weight excluding hydrogens is 283 g/mol. The molecular formula is C14H10ClFN2O2. The van der Waals surface area contributed by atoms with Gasteiger partial charge in [0.2, 0.25) is 0 Å². The number of halogens is 2. The highest BCUT2D eigenvalue weighted by atomic mass is 35.5. The van der Waals surface area contributed by atoms with Crippen molar-refractivity contribution in [3.05, 3.63) is 68.5 Å². The standard InChI is InChI=1S/C14H10ClFN2O2/c1-9-2-3-11(7-14(9)16)17-8-10-6-12(18(19)20)4-5-13(10)15/h2-8H,1H3. The molecule has 4 nitrogen and oxygen atoms in total. The second-order valence-corrected chi connectivity index (χ2v) is 4.56. The van der Waals surface area contributed by atoms with E-state index in [1.165, 1.54) is 30.5 Å². The van der Waals surface area contributed by atoms with Gasteiger partial charge in [0, 0.05) is 28.9 Å². The monoisotopic (exact) mass is 292 g/mol. The number of nitro groups is 1. The van der Waals surface area contributed by atoms with Crippen LogP contribution in [0.3, 0.4) is 0 Å². The van der Waals surface area contributed by atoms with E-state index in [4.69, 9.17) is 11.6 Å². The first kappa shape index (κ1) is 14.1. The Labute approximate surface area is 119 Å². The number of nitro benzene ring substituents is 1. The largest absolute Gasteiger partial charge is 0.270 e. The highest BCUT2D eigenvalue weighted by molar-refractivity contribution is 6.33. The maximum Gasteiger partial charge on any atom is 0.270 e. The van der Waals surface area contributed by atoms with Gasteiger partial charge in [-0.1, -0.05) is 17.7 Å². The van der Waals surface area contributed by atoms with Gasteiger partial charge in [-0.05, 0) is 30.7 Å². The number of rotatable bonds is 3. The molecule has 0 saturated heterocycles. The molecule has 2 aromatic carbocycles. The molecule has 0 amide bonds. The molecule has 0 aromatic heterocycles. The smallest absolute Gasteiger partial charge is 0.258 e. The van der Waals surface area contributed by atoms with Crippen LogP contribution in [-0.2, 0) is 0 Å². The third-order valence-electron chi connectivity index (χ3n) is 2.70. The molecule has 102 valence electrons. The molecule has 0 aliphatic heterocycles. The van der Waals surface area contributed by atoms with Crippen molar-refractivity contribution in [3.63, 3.8) is 0 Å². The highest BCUT2D eigenvalue weighted by Crippen LogP contribution is 2.22. The van der Waals surface area contributed by atoms with E-state index < -0.39 is 4.92 Å². The zero-order valence-electron chi connectivity index (χ0n) is 10.5. The molecule has 2 aromatic rings. The Hall–Kier alpha value is -2.27. The SMILES string of the molecule is Cc1ccc(N=Cc2cc([N+](=O)[O-])ccc2Cl)cc1F. The van der Waals surface area contributed by atoms with Crippen molar-refractivity contribution in [1.29, 1.82) is 0 Å². The van der Waals surface area contributed by atoms with Gasteiger partial charge in [-0.2, -0.15) is 0 Å². The maximum atomic E-state index is 13.4. The average Bonchev–Trinajstić information content (AvgIpc) is 2.41. The molecule has 0 saturated carbocycles. The van der Waals surface area contributed by atoms with Gasteiger partial charge in [0.05, 0.1) is 10.6 Å². The van der Waals surface area contributed by atoms with Crippen LogP contribution in [0, 0.1) is 22.9 Å². The van der Waals surface area contributed by atoms with Crippen molar-refractivity contribution in [2.45, 2.75) is 6.92 Å². The van der Waals surface area contributed by atoms with Crippen LogP contribution < -0.4 is 0 Å². The first-order valence-electron chi connectivity index (χ1n) is 5.71. The Balaban J connectivity index is 2.33. The van der Waals surface area contributed by atoms with Crippen LogP contribution in [0.5, 0.6) is 0 Å². The van der Waals surface area contributed by atoms with Crippen LogP contribution in [0.2, 0.25) is 5.02 Å². The Kier molecular flexibility index (Phi) is 4.10. The number of aryl methyl sites for hydroxylation is 1. The average molecular weight is 293 g/mol. The van der Waals surface area contributed by atoms with Gasteiger partial charge in [-0.3, -0.25) is 15.1 Å². The van der Waals surface area contributed by atoms with Crippen LogP contribution >= 0.6 is 11.6 Å². The first-order chi connectivity index (χ1) is 9.47. The number of non-ortho nitro benzene ring substituents is 1. The third kappa shape index (κ3) is 3.19. The van der Waals surface area contributed by atoms with Crippen LogP contribution in [0.25, 0.3) is 0 Å². The van der Waals surface area contributed by atoms with E-state index in [2.05, 4.69) is 4.99 Å². The quantitative estimate of drug-likeness (QED) is 0.477. The molecule has 0 heterocycles. The Bertz CT molecular complexity index is 702. The summed E-state index contributed by atoms with van der Waals surface area (Å²) in [4.78, 5) is 14.2. The lowest BCUT2D eigenvalue weighted by Crippen LogP contribution is -1.91. The van der Waals surface area contributed by atoms with Crippen molar-refractivity contribution < 1.29 is 9.31 Å². The summed E-state index contributed by atoms with van der Waals surface area (Å²) in [7, 11) is 0. The molecule has 0 spiro atoms. The molecule has 0 fully saturated rings. The lowest BCUT2D eigenvalue weighted by Gasteiger charge is -2.00. The predicted molar refractivity (Wildman–Crippen MR) is 76.5 cm³/mol. The molecule has 2 rings (SSSR count). The lowest BCUT2D eigenvalue weighted by atomic mass is 10.2. The maximum absolute atomic E-state index is 13.4. The summed E-state index contributed by atoms with van der Waals surface area (Å²) in [5, 5.41) is 11.0. The molecule has 20 heavy (non-hydrogen) atoms. The van der Waals surface area contributed by atoms with Gasteiger partial charge in [0.1, 0.15) is 5.82 Å². The van der Waals surface area contributed by atoms with Gasteiger partial charge < -0.3 is 0 Å². The number of hydrogen-bond acceptors (Lipinski definition) is 3. The summed E-state index contributed by atoms with van der Waals surface area (Å²) in [6, 6.07) is 8.60. The summed E-state index contributed by atoms with van der Waals surface area (Å²) in [5.41, 5.74) is 1.26. The Morgan fingerprint density at radius 3 is 2.70 bits per heavy atom. The minimum Gasteiger partial charge on any atom is -0.258 e. The number of aliphatic imine (C=N–C) groups is 1. The fraction of sp³-hybridized carbons (Fsp3) is 0.0714. The van der Waals surface area contributed by atoms with Gasteiger partial charge in [0.15, 0.2) is 0 Å². The van der Waals surface area contributed by atoms with Gasteiger partial charge in [-0.15, -0.1) is 0 Å². The predicted octanol–water partition coefficient (Wildman–Crippen LogP) is 4.45. The molecule has 0 radical (unpaired) electrons. The van der Waals surface area contributed by atoms with Gasteiger partial charge in [0.25, 0.3) is 5.69 Å². The van der Waals surface area contributed by atoms with Crippen LogP contribution in [0.1, 0.15) is 11.1 Å². The summed E-state index contributed by atoms with van der Waals surface area (Å²) in [6.45, 7) is 1.65. The van der Waals surface area contributed by atoms with Crippen molar-refractivity contribution >= 4 is 29.2 Å². The normalized spacial score (nSPS) is 10.9. The summed E-state index contributed by atoms with van der Waals surface area (Å²) < 4.78 is 13.4. The zero-order valence-corrected chi connectivity index (χ0v) is 11.3. The van der Waals surface area contributed by atoms with Crippen molar-refractivity contribution in [2.75, 3.05) is 0 Å². The topological polar surface area (TPSA) is 55.5 Å². The van der Waals surface area contributed by atoms with Crippen molar-refractivity contribution in [3.8, 4) is 0 Å². The summed E-state index contributed by atoms with van der Waals surface area (Å²) in [6.07, 6.45) is 1.37. The van der Waals surface area contributed by atoms with E-state index in [1.54, 1.807) is 19.1 Å². The molecule has 0 N–H and O–H groups in total. The fourth-order valence-corrected chi connectivity index (χ4v) is 1.72. The van der Waals surface area contributed by atoms with Crippen molar-refractivity contribution in [1.82, 2.24) is 0 Å². The summed E-state index contributed by atoms with van der Waals surface area (Å²) >= 11 is 5.94. The lowest BCUT2D eigenvalue weighted by molar-refractivity contribution is -0.384. The first-order valence-corrected chi connectivity index (χ1v) is 6.09. The van der Waals surface area contributed by atoms with E-state index in [-0.39, 0.29) is 11.5 Å². The molecule has 0 aliphatic rings. The second kappa shape index (κ2) is 5.79. The number of nitrogens with zero attached hydrogens (tertiary/aromatic N) is 2. The summed E-state index contributed by atoms with van der Waals surface area (Å²) in [5.74, 6) is -0.357. The molecule has 6 heteroatoms. The van der Waals surface area contributed by atoms with Gasteiger partial charge >= 0.3 is 0 Å². The van der Waals surface area contributed by atoms with E-state index >= 15 is 0 Å². The van der Waals surface area contributed by atoms with Crippen LogP contribution in [-0.4, -0.2) is 11.1 Å². The van der Waals surface area contributed by atoms with E-state index in [9.17, 15) is 14.5 Å². The molecule has 0 atom stereocenters. The molecule has 0 bridgehead atoms. The van der Waals surface area contributed by atoms with Gasteiger partial charge in [-0.25, -0.2) is 4.39 Å². The Morgan fingerprint density at radius 1 is 1.30 bits per heavy atom. The number of hydrogen-bond donors (Lipinski definition) is 0. The minimum absolute atomic E-state index is 0.0778. The van der Waals surface area contributed by atoms with E-state index in [0.717, 1.165) is 0 Å². The fourth-order valence-electron chi connectivity index (χ4n) is 1.55. The minimum atomic E-state index is -0.515. The molecule has 0 aliphatic carbocycles. The van der Waals surface area contributed by atoms with E-state index in [1.807, 2.05) is 0 Å². The van der Waals surface area contributed by atoms with E-state index in [0.29, 0.717) is 21.8 Å². The van der Waals surface area contributed by atoms with Crippen LogP contribution in [0.4, 0.5) is 15.8 Å². The van der Waals surface area contributed by atoms with Crippen molar-refractivity contribution in [2.24, 2.45) is 4.99 Å².